The quantitative estimate of drug-likeness (QED) is 0.416. The first-order valence-corrected chi connectivity index (χ1v) is 13.4. The highest BCUT2D eigenvalue weighted by atomic mass is 35.5. The number of methoxy groups -OCH3 is 1. The van der Waals surface area contributed by atoms with Crippen LogP contribution in [0.1, 0.15) is 73.5 Å². The Balaban J connectivity index is 0.00000190. The summed E-state index contributed by atoms with van der Waals surface area (Å²) in [5.74, 6) is 2.08. The lowest BCUT2D eigenvalue weighted by atomic mass is 9.86. The summed E-state index contributed by atoms with van der Waals surface area (Å²) in [7, 11) is 1.74. The van der Waals surface area contributed by atoms with Crippen molar-refractivity contribution in [3.63, 3.8) is 0 Å². The van der Waals surface area contributed by atoms with Gasteiger partial charge < -0.3 is 14.4 Å². The van der Waals surface area contributed by atoms with Crippen LogP contribution in [0.3, 0.4) is 0 Å². The molecule has 0 N–H and O–H groups in total. The summed E-state index contributed by atoms with van der Waals surface area (Å²) in [4.78, 5) is 7.92. The van der Waals surface area contributed by atoms with Crippen molar-refractivity contribution >= 4 is 30.5 Å². The number of rotatable bonds is 5. The lowest BCUT2D eigenvalue weighted by molar-refractivity contribution is 0.0396. The zero-order valence-electron chi connectivity index (χ0n) is 23.6. The van der Waals surface area contributed by atoms with Gasteiger partial charge in [0, 0.05) is 43.5 Å². The number of halogens is 2. The molecule has 0 spiro atoms. The zero-order chi connectivity index (χ0) is 24.9. The van der Waals surface area contributed by atoms with Gasteiger partial charge in [-0.05, 0) is 102 Å². The van der Waals surface area contributed by atoms with Crippen molar-refractivity contribution in [3.8, 4) is 11.5 Å². The molecule has 2 aromatic rings. The molecule has 3 aliphatic heterocycles. The van der Waals surface area contributed by atoms with Gasteiger partial charge in [0.1, 0.15) is 17.1 Å². The molecule has 7 heteroatoms. The lowest BCUT2D eigenvalue weighted by Gasteiger charge is -2.41. The van der Waals surface area contributed by atoms with Crippen LogP contribution >= 0.6 is 24.8 Å². The first kappa shape index (κ1) is 29.9. The highest BCUT2D eigenvalue weighted by molar-refractivity contribution is 5.85. The van der Waals surface area contributed by atoms with Crippen molar-refractivity contribution in [3.05, 3.63) is 52.1 Å². The van der Waals surface area contributed by atoms with Crippen LogP contribution in [-0.4, -0.2) is 61.8 Å². The molecular weight excluding hydrogens is 505 g/mol. The average Bonchev–Trinajstić information content (AvgIpc) is 3.48. The average molecular weight is 551 g/mol. The Bertz CT molecular complexity index is 1090. The summed E-state index contributed by atoms with van der Waals surface area (Å²) in [6, 6.07) is 9.24. The summed E-state index contributed by atoms with van der Waals surface area (Å²) < 4.78 is 12.2. The first-order chi connectivity index (χ1) is 16.7. The number of fused-ring (bicyclic) bond motifs is 1. The van der Waals surface area contributed by atoms with Gasteiger partial charge in [-0.15, -0.1) is 24.8 Å². The van der Waals surface area contributed by atoms with Gasteiger partial charge in [0.15, 0.2) is 0 Å². The molecule has 2 atom stereocenters. The maximum atomic E-state index is 6.69. The van der Waals surface area contributed by atoms with Crippen molar-refractivity contribution in [2.75, 3.05) is 51.3 Å². The standard InChI is InChI=1S/C30H43N3O2.2ClH/c1-20-21(2)28-26(29(30(5,6)35-28)33-13-8-9-14-33)22(3)27(20)32-17-15-31(16-18-32)23(4)24-11-10-12-25(19-24)34-7;;/h10-12,19,23,29H,8-9,13-18H2,1-7H3;2*1H. The van der Waals surface area contributed by atoms with Gasteiger partial charge in [-0.3, -0.25) is 9.80 Å². The molecule has 0 radical (unpaired) electrons. The Morgan fingerprint density at radius 3 is 2.19 bits per heavy atom. The van der Waals surface area contributed by atoms with E-state index in [4.69, 9.17) is 9.47 Å². The summed E-state index contributed by atoms with van der Waals surface area (Å²) in [5, 5.41) is 0. The molecule has 2 unspecified atom stereocenters. The molecule has 3 aliphatic rings. The van der Waals surface area contributed by atoms with Crippen molar-refractivity contribution in [1.82, 2.24) is 9.80 Å². The number of hydrogen-bond acceptors (Lipinski definition) is 5. The highest BCUT2D eigenvalue weighted by Crippen LogP contribution is 2.53. The summed E-state index contributed by atoms with van der Waals surface area (Å²) in [6.07, 6.45) is 2.60. The predicted octanol–water partition coefficient (Wildman–Crippen LogP) is 6.66. The minimum Gasteiger partial charge on any atom is -0.497 e. The van der Waals surface area contributed by atoms with Crippen molar-refractivity contribution < 1.29 is 9.47 Å². The van der Waals surface area contributed by atoms with Crippen LogP contribution in [-0.2, 0) is 0 Å². The molecule has 5 nitrogen and oxygen atoms in total. The molecule has 0 amide bonds. The second-order valence-corrected chi connectivity index (χ2v) is 11.3. The van der Waals surface area contributed by atoms with Gasteiger partial charge in [-0.1, -0.05) is 12.1 Å². The van der Waals surface area contributed by atoms with Gasteiger partial charge in [-0.2, -0.15) is 0 Å². The maximum absolute atomic E-state index is 6.69. The van der Waals surface area contributed by atoms with E-state index in [-0.39, 0.29) is 30.4 Å². The Kier molecular flexibility index (Phi) is 9.38. The normalized spacial score (nSPS) is 22.0. The third kappa shape index (κ3) is 5.30. The third-order valence-corrected chi connectivity index (χ3v) is 8.82. The summed E-state index contributed by atoms with van der Waals surface area (Å²) >= 11 is 0. The van der Waals surface area contributed by atoms with Crippen LogP contribution < -0.4 is 14.4 Å². The van der Waals surface area contributed by atoms with Gasteiger partial charge in [0.25, 0.3) is 0 Å². The van der Waals surface area contributed by atoms with Crippen molar-refractivity contribution in [1.29, 1.82) is 0 Å². The van der Waals surface area contributed by atoms with Gasteiger partial charge >= 0.3 is 0 Å². The third-order valence-electron chi connectivity index (χ3n) is 8.82. The highest BCUT2D eigenvalue weighted by Gasteiger charge is 2.47. The van der Waals surface area contributed by atoms with Crippen LogP contribution in [0.4, 0.5) is 5.69 Å². The number of nitrogens with zero attached hydrogens (tertiary/aromatic N) is 3. The lowest BCUT2D eigenvalue weighted by Crippen LogP contribution is -2.47. The van der Waals surface area contributed by atoms with E-state index < -0.39 is 0 Å². The largest absolute Gasteiger partial charge is 0.497 e. The van der Waals surface area contributed by atoms with E-state index in [0.717, 1.165) is 37.7 Å². The Labute approximate surface area is 236 Å². The van der Waals surface area contributed by atoms with Gasteiger partial charge in [0.05, 0.1) is 13.2 Å². The summed E-state index contributed by atoms with van der Waals surface area (Å²) in [6.45, 7) is 20.4. The first-order valence-electron chi connectivity index (χ1n) is 13.4. The molecule has 206 valence electrons. The topological polar surface area (TPSA) is 28.2 Å². The number of likely N-dealkylation sites (tertiary alicyclic amines) is 1. The molecule has 0 bridgehead atoms. The minimum absolute atomic E-state index is 0. The molecule has 2 aromatic carbocycles. The van der Waals surface area contributed by atoms with Gasteiger partial charge in [0.2, 0.25) is 0 Å². The van der Waals surface area contributed by atoms with E-state index in [0.29, 0.717) is 12.1 Å². The van der Waals surface area contributed by atoms with Crippen LogP contribution in [0.5, 0.6) is 11.5 Å². The van der Waals surface area contributed by atoms with Crippen LogP contribution in [0.2, 0.25) is 0 Å². The number of anilines is 1. The second kappa shape index (κ2) is 11.6. The van der Waals surface area contributed by atoms with Crippen LogP contribution in [0.25, 0.3) is 0 Å². The molecule has 0 saturated carbocycles. The smallest absolute Gasteiger partial charge is 0.128 e. The zero-order valence-corrected chi connectivity index (χ0v) is 25.2. The monoisotopic (exact) mass is 549 g/mol. The molecule has 2 saturated heterocycles. The fourth-order valence-electron chi connectivity index (χ4n) is 6.80. The van der Waals surface area contributed by atoms with E-state index >= 15 is 0 Å². The van der Waals surface area contributed by atoms with Crippen molar-refractivity contribution in [2.24, 2.45) is 0 Å². The second-order valence-electron chi connectivity index (χ2n) is 11.3. The summed E-state index contributed by atoms with van der Waals surface area (Å²) in [5.41, 5.74) is 8.16. The maximum Gasteiger partial charge on any atom is 0.128 e. The number of ether oxygens (including phenoxy) is 2. The number of benzene rings is 2. The Morgan fingerprint density at radius 2 is 1.57 bits per heavy atom. The minimum atomic E-state index is -0.196. The fourth-order valence-corrected chi connectivity index (χ4v) is 6.80. The van der Waals surface area contributed by atoms with Gasteiger partial charge in [-0.25, -0.2) is 0 Å². The fraction of sp³-hybridized carbons (Fsp3) is 0.600. The van der Waals surface area contributed by atoms with E-state index in [2.05, 4.69) is 74.4 Å². The van der Waals surface area contributed by atoms with Crippen LogP contribution in [0.15, 0.2) is 24.3 Å². The number of hydrogen-bond donors (Lipinski definition) is 0. The molecule has 2 fully saturated rings. The Morgan fingerprint density at radius 1 is 0.919 bits per heavy atom. The molecule has 37 heavy (non-hydrogen) atoms. The Hall–Kier alpha value is -1.66. The molecule has 3 heterocycles. The molecule has 5 rings (SSSR count). The SMILES string of the molecule is COc1cccc(C(C)N2CCN(c3c(C)c(C)c4c(c3C)C(N3CCCC3)C(C)(C)O4)CC2)c1.Cl.Cl. The number of piperazine rings is 1. The van der Waals surface area contributed by atoms with E-state index in [1.54, 1.807) is 7.11 Å². The van der Waals surface area contributed by atoms with E-state index in [1.807, 2.05) is 6.07 Å². The molecule has 0 aliphatic carbocycles. The predicted molar refractivity (Wildman–Crippen MR) is 159 cm³/mol. The van der Waals surface area contributed by atoms with Crippen LogP contribution in [0, 0.1) is 20.8 Å². The molecule has 0 aromatic heterocycles. The van der Waals surface area contributed by atoms with E-state index in [1.165, 1.54) is 59.4 Å². The van der Waals surface area contributed by atoms with Crippen molar-refractivity contribution in [2.45, 2.75) is 72.1 Å². The van der Waals surface area contributed by atoms with E-state index in [9.17, 15) is 0 Å². The molecular formula is C30H45Cl2N3O2.